The van der Waals surface area contributed by atoms with Crippen molar-refractivity contribution in [1.29, 1.82) is 0 Å². The van der Waals surface area contributed by atoms with Crippen LogP contribution >= 0.6 is 0 Å². The third kappa shape index (κ3) is 4.18. The maximum absolute atomic E-state index is 13.7. The molecule has 8 nitrogen and oxygen atoms in total. The Bertz CT molecular complexity index is 1070. The molecule has 1 atom stereocenters. The number of amides is 1. The number of carbonyl (C=O) groups excluding carboxylic acids is 3. The number of likely N-dealkylation sites (tertiary alicyclic amines) is 1. The highest BCUT2D eigenvalue weighted by molar-refractivity contribution is 6.46. The van der Waals surface area contributed by atoms with Gasteiger partial charge in [0.2, 0.25) is 5.78 Å². The van der Waals surface area contributed by atoms with Gasteiger partial charge < -0.3 is 24.6 Å². The molecule has 1 aromatic heterocycles. The summed E-state index contributed by atoms with van der Waals surface area (Å²) < 4.78 is 5.06. The van der Waals surface area contributed by atoms with Crippen LogP contribution in [0.1, 0.15) is 45.8 Å². The second kappa shape index (κ2) is 9.40. The summed E-state index contributed by atoms with van der Waals surface area (Å²) in [7, 11) is 3.91. The van der Waals surface area contributed by atoms with Crippen LogP contribution in [0.5, 0.6) is 0 Å². The van der Waals surface area contributed by atoms with Gasteiger partial charge in [-0.25, -0.2) is 4.79 Å². The van der Waals surface area contributed by atoms with Crippen LogP contribution in [0.3, 0.4) is 0 Å². The lowest BCUT2D eigenvalue weighted by Gasteiger charge is -2.28. The molecule has 3 rings (SSSR count). The minimum absolute atomic E-state index is 0.0874. The molecule has 2 heterocycles. The number of ketones is 1. The fourth-order valence-electron chi connectivity index (χ4n) is 4.06. The first kappa shape index (κ1) is 23.3. The van der Waals surface area contributed by atoms with Crippen LogP contribution in [0, 0.1) is 13.8 Å². The van der Waals surface area contributed by atoms with E-state index in [1.165, 1.54) is 4.90 Å². The maximum Gasteiger partial charge on any atom is 0.355 e. The van der Waals surface area contributed by atoms with Crippen LogP contribution in [-0.4, -0.2) is 61.3 Å². The molecule has 1 amide bonds. The summed E-state index contributed by atoms with van der Waals surface area (Å²) in [5, 5.41) is 13.7. The standard InChI is InChI=1S/C24H29N3O5/c1-6-32-24(31)19-14(2)17(15(3)25-19)21(28)18-20(16-10-8-7-9-11-16)27(13-12-26(4)5)23(30)22(18)29/h7-11,20,25,28H,6,12-13H2,1-5H3. The average Bonchev–Trinajstić information content (AvgIpc) is 3.19. The van der Waals surface area contributed by atoms with Crippen molar-refractivity contribution in [2.75, 3.05) is 33.8 Å². The van der Waals surface area contributed by atoms with Crippen LogP contribution in [0.2, 0.25) is 0 Å². The number of aromatic nitrogens is 1. The lowest BCUT2D eigenvalue weighted by atomic mass is 9.94. The number of nitrogens with one attached hydrogen (secondary N) is 2. The van der Waals surface area contributed by atoms with Crippen molar-refractivity contribution < 1.29 is 29.1 Å². The average molecular weight is 440 g/mol. The third-order valence-electron chi connectivity index (χ3n) is 5.64. The largest absolute Gasteiger partial charge is 0.872 e. The highest BCUT2D eigenvalue weighted by Crippen LogP contribution is 2.39. The smallest absolute Gasteiger partial charge is 0.355 e. The predicted octanol–water partition coefficient (Wildman–Crippen LogP) is 0.177. The first-order valence-corrected chi connectivity index (χ1v) is 10.7. The molecule has 1 saturated heterocycles. The summed E-state index contributed by atoms with van der Waals surface area (Å²) in [6.45, 7) is 6.15. The van der Waals surface area contributed by atoms with E-state index in [0.717, 1.165) is 4.90 Å². The second-order valence-electron chi connectivity index (χ2n) is 8.19. The topological polar surface area (TPSA) is 107 Å². The number of likely N-dealkylation sites (N-methyl/N-ethyl adjacent to an activating group) is 1. The molecule has 1 fully saturated rings. The SMILES string of the molecule is CCOC(=O)c1[nH]c(C)c(C([O-])=C2C(=O)C(=O)N(CC[NH+](C)C)C2c2ccccc2)c1C. The van der Waals surface area contributed by atoms with Gasteiger partial charge in [-0.05, 0) is 37.5 Å². The number of hydrogen-bond donors (Lipinski definition) is 2. The van der Waals surface area contributed by atoms with Crippen LogP contribution in [-0.2, 0) is 14.3 Å². The number of aromatic amines is 1. The number of hydrogen-bond acceptors (Lipinski definition) is 5. The summed E-state index contributed by atoms with van der Waals surface area (Å²) in [5.41, 5.74) is 1.86. The first-order chi connectivity index (χ1) is 15.2. The molecule has 32 heavy (non-hydrogen) atoms. The normalized spacial score (nSPS) is 17.9. The van der Waals surface area contributed by atoms with Gasteiger partial charge in [0.15, 0.2) is 0 Å². The molecule has 1 aromatic carbocycles. The van der Waals surface area contributed by atoms with E-state index in [0.29, 0.717) is 29.9 Å². The Morgan fingerprint density at radius 2 is 1.84 bits per heavy atom. The van der Waals surface area contributed by atoms with E-state index in [4.69, 9.17) is 4.74 Å². The van der Waals surface area contributed by atoms with Gasteiger partial charge in [0.25, 0.3) is 5.91 Å². The van der Waals surface area contributed by atoms with Crippen LogP contribution in [0.15, 0.2) is 35.9 Å². The molecule has 1 aliphatic rings. The molecule has 8 heteroatoms. The molecule has 0 saturated carbocycles. The Morgan fingerprint density at radius 3 is 2.44 bits per heavy atom. The van der Waals surface area contributed by atoms with E-state index >= 15 is 0 Å². The number of carbonyl (C=O) groups is 3. The van der Waals surface area contributed by atoms with E-state index < -0.39 is 29.5 Å². The number of benzene rings is 1. The zero-order valence-corrected chi connectivity index (χ0v) is 19.1. The van der Waals surface area contributed by atoms with Crippen LogP contribution in [0.4, 0.5) is 0 Å². The summed E-state index contributed by atoms with van der Waals surface area (Å²) in [6.07, 6.45) is 0. The second-order valence-corrected chi connectivity index (χ2v) is 8.19. The lowest BCUT2D eigenvalue weighted by Crippen LogP contribution is -3.06. The van der Waals surface area contributed by atoms with Gasteiger partial charge in [0.1, 0.15) is 5.69 Å². The molecular weight excluding hydrogens is 410 g/mol. The molecule has 1 unspecified atom stereocenters. The maximum atomic E-state index is 13.7. The number of rotatable bonds is 7. The van der Waals surface area contributed by atoms with Gasteiger partial charge in [0, 0.05) is 11.3 Å². The van der Waals surface area contributed by atoms with Crippen molar-refractivity contribution >= 4 is 23.4 Å². The van der Waals surface area contributed by atoms with E-state index in [-0.39, 0.29) is 23.4 Å². The fourth-order valence-corrected chi connectivity index (χ4v) is 4.06. The Balaban J connectivity index is 2.18. The van der Waals surface area contributed by atoms with Crippen molar-refractivity contribution in [1.82, 2.24) is 9.88 Å². The Kier molecular flexibility index (Phi) is 6.84. The molecule has 2 aromatic rings. The van der Waals surface area contributed by atoms with Crippen molar-refractivity contribution in [3.8, 4) is 0 Å². The van der Waals surface area contributed by atoms with E-state index in [1.807, 2.05) is 32.3 Å². The molecule has 170 valence electrons. The number of Topliss-reactive ketones (excluding diaryl/α,β-unsaturated/α-hetero) is 1. The lowest BCUT2D eigenvalue weighted by molar-refractivity contribution is -0.857. The summed E-state index contributed by atoms with van der Waals surface area (Å²) in [6, 6.07) is 8.30. The van der Waals surface area contributed by atoms with Gasteiger partial charge in [-0.2, -0.15) is 0 Å². The Labute approximate surface area is 187 Å². The molecule has 1 aliphatic heterocycles. The van der Waals surface area contributed by atoms with E-state index in [1.54, 1.807) is 32.9 Å². The van der Waals surface area contributed by atoms with Crippen LogP contribution < -0.4 is 10.0 Å². The summed E-state index contributed by atoms with van der Waals surface area (Å²) in [4.78, 5) is 43.8. The highest BCUT2D eigenvalue weighted by atomic mass is 16.5. The van der Waals surface area contributed by atoms with Crippen molar-refractivity contribution in [3.05, 3.63) is 64.0 Å². The Morgan fingerprint density at radius 1 is 1.19 bits per heavy atom. The van der Waals surface area contributed by atoms with Gasteiger partial charge in [-0.15, -0.1) is 0 Å². The van der Waals surface area contributed by atoms with Gasteiger partial charge >= 0.3 is 5.97 Å². The molecule has 0 bridgehead atoms. The van der Waals surface area contributed by atoms with Crippen molar-refractivity contribution in [3.63, 3.8) is 0 Å². The predicted molar refractivity (Wildman–Crippen MR) is 117 cm³/mol. The summed E-state index contributed by atoms with van der Waals surface area (Å²) >= 11 is 0. The number of ether oxygens (including phenoxy) is 1. The van der Waals surface area contributed by atoms with E-state index in [2.05, 4.69) is 4.98 Å². The van der Waals surface area contributed by atoms with Crippen molar-refractivity contribution in [2.45, 2.75) is 26.8 Å². The minimum Gasteiger partial charge on any atom is -0.872 e. The monoisotopic (exact) mass is 439 g/mol. The zero-order chi connectivity index (χ0) is 23.6. The van der Waals surface area contributed by atoms with Gasteiger partial charge in [-0.1, -0.05) is 36.1 Å². The first-order valence-electron chi connectivity index (χ1n) is 10.7. The number of aryl methyl sites for hydroxylation is 1. The molecule has 0 aliphatic carbocycles. The number of nitrogens with zero attached hydrogens (tertiary/aromatic N) is 1. The Hall–Kier alpha value is -3.39. The number of esters is 1. The quantitative estimate of drug-likeness (QED) is 0.277. The number of quaternary nitrogens is 1. The highest BCUT2D eigenvalue weighted by Gasteiger charge is 2.44. The van der Waals surface area contributed by atoms with E-state index in [9.17, 15) is 19.5 Å². The van der Waals surface area contributed by atoms with Gasteiger partial charge in [-0.3, -0.25) is 9.59 Å². The molecule has 2 N–H and O–H groups in total. The molecule has 0 spiro atoms. The third-order valence-corrected chi connectivity index (χ3v) is 5.64. The van der Waals surface area contributed by atoms with Gasteiger partial charge in [0.05, 0.1) is 39.8 Å². The molecule has 0 radical (unpaired) electrons. The minimum atomic E-state index is -0.796. The molecular formula is C24H29N3O5. The summed E-state index contributed by atoms with van der Waals surface area (Å²) in [5.74, 6) is -2.59. The fraction of sp³-hybridized carbons (Fsp3) is 0.375. The number of H-pyrrole nitrogens is 1. The van der Waals surface area contributed by atoms with Crippen molar-refractivity contribution in [2.24, 2.45) is 0 Å². The zero-order valence-electron chi connectivity index (χ0n) is 19.1. The van der Waals surface area contributed by atoms with Crippen LogP contribution in [0.25, 0.3) is 5.76 Å².